The van der Waals surface area contributed by atoms with Crippen LogP contribution in [0.3, 0.4) is 0 Å². The van der Waals surface area contributed by atoms with E-state index >= 15 is 0 Å². The number of benzene rings is 1. The van der Waals surface area contributed by atoms with Crippen LogP contribution in [-0.4, -0.2) is 16.2 Å². The van der Waals surface area contributed by atoms with E-state index in [1.54, 1.807) is 0 Å². The van der Waals surface area contributed by atoms with Gasteiger partial charge >= 0.3 is 0 Å². The van der Waals surface area contributed by atoms with Crippen molar-refractivity contribution < 1.29 is 4.52 Å². The zero-order valence-corrected chi connectivity index (χ0v) is 8.79. The Morgan fingerprint density at radius 3 is 3.00 bits per heavy atom. The molecular weight excluding hydrogens is 218 g/mol. The first kappa shape index (κ1) is 9.59. The smallest absolute Gasteiger partial charge is 0.195 e. The zero-order chi connectivity index (χ0) is 11.5. The van der Waals surface area contributed by atoms with Crippen LogP contribution in [0.5, 0.6) is 0 Å². The van der Waals surface area contributed by atoms with E-state index in [-0.39, 0.29) is 0 Å². The fraction of sp³-hybridized carbons (Fsp3) is 0. The first-order valence-electron chi connectivity index (χ1n) is 5.07. The molecule has 6 nitrogen and oxygen atoms in total. The number of anilines is 2. The highest BCUT2D eigenvalue weighted by atomic mass is 16.5. The highest BCUT2D eigenvalue weighted by Gasteiger charge is 2.05. The maximum Gasteiger partial charge on any atom is 0.195 e. The molecule has 2 aromatic rings. The molecule has 0 atom stereocenters. The lowest BCUT2D eigenvalue weighted by Gasteiger charge is -2.02. The highest BCUT2D eigenvalue weighted by Crippen LogP contribution is 2.18. The number of rotatable bonds is 1. The fourth-order valence-electron chi connectivity index (χ4n) is 1.49. The van der Waals surface area contributed by atoms with Crippen molar-refractivity contribution >= 4 is 23.4 Å². The van der Waals surface area contributed by atoms with E-state index in [0.717, 1.165) is 11.3 Å². The molecule has 0 fully saturated rings. The average molecular weight is 227 g/mol. The van der Waals surface area contributed by atoms with Crippen LogP contribution in [0.25, 0.3) is 6.08 Å². The van der Waals surface area contributed by atoms with E-state index in [1.165, 1.54) is 6.26 Å². The largest absolute Gasteiger partial charge is 0.343 e. The molecule has 0 aliphatic carbocycles. The second kappa shape index (κ2) is 4.09. The monoisotopic (exact) mass is 227 g/mol. The average Bonchev–Trinajstić information content (AvgIpc) is 2.78. The van der Waals surface area contributed by atoms with Crippen molar-refractivity contribution in [1.29, 1.82) is 0 Å². The summed E-state index contributed by atoms with van der Waals surface area (Å²) in [7, 11) is 0. The summed E-state index contributed by atoms with van der Waals surface area (Å²) in [6.45, 7) is 0. The van der Waals surface area contributed by atoms with Crippen LogP contribution in [0.4, 0.5) is 11.5 Å². The SMILES string of the molecule is C1=Cc2ccccc2NN=C1Nc1conn1. The van der Waals surface area contributed by atoms with Gasteiger partial charge in [-0.15, -0.1) is 0 Å². The Morgan fingerprint density at radius 2 is 2.12 bits per heavy atom. The minimum Gasteiger partial charge on any atom is -0.343 e. The molecule has 6 heteroatoms. The number of para-hydroxylation sites is 1. The Balaban J connectivity index is 1.84. The molecule has 0 amide bonds. The standard InChI is InChI=1S/C11H9N5O/c1-2-4-9-8(3-1)5-6-10(14-13-9)12-11-7-17-16-15-11/h1-7,13H,(H,12,14). The van der Waals surface area contributed by atoms with Crippen molar-refractivity contribution in [3.8, 4) is 0 Å². The van der Waals surface area contributed by atoms with Gasteiger partial charge in [0.2, 0.25) is 0 Å². The Morgan fingerprint density at radius 1 is 1.18 bits per heavy atom. The molecule has 1 aliphatic rings. The number of hydrazone groups is 1. The van der Waals surface area contributed by atoms with Gasteiger partial charge in [0.1, 0.15) is 0 Å². The number of nitrogens with one attached hydrogen (secondary N) is 2. The highest BCUT2D eigenvalue weighted by molar-refractivity contribution is 6.07. The number of hydrogen-bond donors (Lipinski definition) is 2. The van der Waals surface area contributed by atoms with Crippen molar-refractivity contribution in [2.24, 2.45) is 5.10 Å². The molecule has 0 radical (unpaired) electrons. The Hall–Kier alpha value is -2.63. The van der Waals surface area contributed by atoms with Gasteiger partial charge in [0.25, 0.3) is 0 Å². The number of nitrogens with zero attached hydrogens (tertiary/aromatic N) is 3. The maximum atomic E-state index is 4.63. The fourth-order valence-corrected chi connectivity index (χ4v) is 1.49. The molecule has 1 aromatic heterocycles. The zero-order valence-electron chi connectivity index (χ0n) is 8.79. The van der Waals surface area contributed by atoms with Gasteiger partial charge in [-0.05, 0) is 23.8 Å². The lowest BCUT2D eigenvalue weighted by atomic mass is 10.2. The topological polar surface area (TPSA) is 75.3 Å². The van der Waals surface area contributed by atoms with Crippen LogP contribution >= 0.6 is 0 Å². The van der Waals surface area contributed by atoms with Gasteiger partial charge in [-0.1, -0.05) is 23.3 Å². The second-order valence-corrected chi connectivity index (χ2v) is 3.44. The van der Waals surface area contributed by atoms with Crippen LogP contribution in [0, 0.1) is 0 Å². The first-order valence-corrected chi connectivity index (χ1v) is 5.07. The predicted octanol–water partition coefficient (Wildman–Crippen LogP) is 1.93. The minimum atomic E-state index is 0.515. The summed E-state index contributed by atoms with van der Waals surface area (Å²) >= 11 is 0. The molecule has 17 heavy (non-hydrogen) atoms. The van der Waals surface area contributed by atoms with E-state index in [9.17, 15) is 0 Å². The number of amidine groups is 1. The first-order chi connectivity index (χ1) is 8.42. The van der Waals surface area contributed by atoms with Gasteiger partial charge in [0, 0.05) is 5.27 Å². The van der Waals surface area contributed by atoms with Gasteiger partial charge in [0.15, 0.2) is 17.9 Å². The predicted molar refractivity (Wildman–Crippen MR) is 64.5 cm³/mol. The molecule has 0 unspecified atom stereocenters. The van der Waals surface area contributed by atoms with Gasteiger partial charge in [-0.25, -0.2) is 0 Å². The number of fused-ring (bicyclic) bond motifs is 1. The summed E-state index contributed by atoms with van der Waals surface area (Å²) in [4.78, 5) is 0. The Labute approximate surface area is 97.0 Å². The summed E-state index contributed by atoms with van der Waals surface area (Å²) in [6.07, 6.45) is 5.23. The summed E-state index contributed by atoms with van der Waals surface area (Å²) in [6, 6.07) is 7.90. The van der Waals surface area contributed by atoms with Crippen LogP contribution in [0.15, 0.2) is 46.2 Å². The van der Waals surface area contributed by atoms with Gasteiger partial charge < -0.3 is 9.84 Å². The van der Waals surface area contributed by atoms with Gasteiger partial charge in [-0.2, -0.15) is 5.10 Å². The van der Waals surface area contributed by atoms with Crippen LogP contribution in [0.2, 0.25) is 0 Å². The van der Waals surface area contributed by atoms with Crippen LogP contribution in [-0.2, 0) is 0 Å². The van der Waals surface area contributed by atoms with Crippen molar-refractivity contribution in [2.75, 3.05) is 10.7 Å². The molecule has 84 valence electrons. The summed E-state index contributed by atoms with van der Waals surface area (Å²) in [5, 5.41) is 14.3. The molecule has 0 spiro atoms. The molecule has 0 saturated heterocycles. The van der Waals surface area contributed by atoms with Crippen molar-refractivity contribution in [1.82, 2.24) is 10.4 Å². The maximum absolute atomic E-state index is 4.63. The van der Waals surface area contributed by atoms with E-state index in [2.05, 4.69) is 30.7 Å². The van der Waals surface area contributed by atoms with E-state index in [4.69, 9.17) is 0 Å². The summed E-state index contributed by atoms with van der Waals surface area (Å²) in [5.74, 6) is 1.15. The quantitative estimate of drug-likeness (QED) is 0.778. The second-order valence-electron chi connectivity index (χ2n) is 3.44. The van der Waals surface area contributed by atoms with E-state index < -0.39 is 0 Å². The molecule has 3 rings (SSSR count). The van der Waals surface area contributed by atoms with Crippen LogP contribution in [0.1, 0.15) is 5.56 Å². The van der Waals surface area contributed by atoms with Gasteiger partial charge in [0.05, 0.1) is 5.69 Å². The normalized spacial score (nSPS) is 13.3. The third-order valence-corrected chi connectivity index (χ3v) is 2.29. The molecule has 2 N–H and O–H groups in total. The third-order valence-electron chi connectivity index (χ3n) is 2.29. The molecule has 2 heterocycles. The number of aromatic nitrogens is 2. The van der Waals surface area contributed by atoms with Crippen molar-refractivity contribution in [2.45, 2.75) is 0 Å². The molecule has 1 aromatic carbocycles. The lowest BCUT2D eigenvalue weighted by molar-refractivity contribution is 0.393. The molecule has 0 bridgehead atoms. The van der Waals surface area contributed by atoms with Crippen LogP contribution < -0.4 is 10.7 Å². The minimum absolute atomic E-state index is 0.515. The Kier molecular flexibility index (Phi) is 2.31. The van der Waals surface area contributed by atoms with E-state index in [1.807, 2.05) is 36.4 Å². The lowest BCUT2D eigenvalue weighted by Crippen LogP contribution is -2.10. The molecule has 0 saturated carbocycles. The molecular formula is C11H9N5O. The number of hydrogen-bond acceptors (Lipinski definition) is 6. The van der Waals surface area contributed by atoms with Crippen molar-refractivity contribution in [3.63, 3.8) is 0 Å². The Bertz CT molecular complexity index is 573. The summed E-state index contributed by atoms with van der Waals surface area (Å²) < 4.78 is 4.63. The third kappa shape index (κ3) is 2.00. The molecule has 1 aliphatic heterocycles. The summed E-state index contributed by atoms with van der Waals surface area (Å²) in [5.41, 5.74) is 5.00. The van der Waals surface area contributed by atoms with Crippen molar-refractivity contribution in [3.05, 3.63) is 42.2 Å². The van der Waals surface area contributed by atoms with E-state index in [0.29, 0.717) is 11.7 Å². The van der Waals surface area contributed by atoms with Gasteiger partial charge in [-0.3, -0.25) is 5.43 Å².